The summed E-state index contributed by atoms with van der Waals surface area (Å²) in [5.74, 6) is 0. The fraction of sp³-hybridized carbons (Fsp3) is 0.250. The van der Waals surface area contributed by atoms with Crippen LogP contribution in [0.25, 0.3) is 0 Å². The van der Waals surface area contributed by atoms with Crippen LogP contribution in [0.5, 0.6) is 0 Å². The predicted molar refractivity (Wildman–Crippen MR) is 88.3 cm³/mol. The number of nitrogens with two attached hydrogens (primary N) is 1. The first-order valence-corrected chi connectivity index (χ1v) is 7.63. The average Bonchev–Trinajstić information content (AvgIpc) is 2.41. The molecule has 1 aliphatic heterocycles. The lowest BCUT2D eigenvalue weighted by Crippen LogP contribution is -2.42. The van der Waals surface area contributed by atoms with Crippen LogP contribution in [-0.4, -0.2) is 12.6 Å². The number of benzene rings is 2. The van der Waals surface area contributed by atoms with E-state index in [2.05, 4.69) is 76.0 Å². The number of hydrogen-bond acceptors (Lipinski definition) is 2. The molecule has 0 aliphatic carbocycles. The van der Waals surface area contributed by atoms with Gasteiger partial charge in [0.1, 0.15) is 0 Å². The normalized spacial score (nSPS) is 18.2. The molecular formula is C16H17IN2. The highest BCUT2D eigenvalue weighted by Crippen LogP contribution is 2.27. The van der Waals surface area contributed by atoms with Crippen molar-refractivity contribution in [3.8, 4) is 0 Å². The molecule has 0 radical (unpaired) electrons. The summed E-state index contributed by atoms with van der Waals surface area (Å²) in [7, 11) is 0. The molecule has 0 spiro atoms. The lowest BCUT2D eigenvalue weighted by atomic mass is 9.98. The van der Waals surface area contributed by atoms with E-state index in [4.69, 9.17) is 5.73 Å². The molecular weight excluding hydrogens is 347 g/mol. The Bertz CT molecular complexity index is 565. The average molecular weight is 364 g/mol. The summed E-state index contributed by atoms with van der Waals surface area (Å²) in [6, 6.07) is 17.5. The van der Waals surface area contributed by atoms with Gasteiger partial charge in [0, 0.05) is 28.4 Å². The molecule has 1 unspecified atom stereocenters. The van der Waals surface area contributed by atoms with Crippen LogP contribution in [-0.2, 0) is 13.0 Å². The fourth-order valence-electron chi connectivity index (χ4n) is 2.68. The van der Waals surface area contributed by atoms with E-state index in [0.717, 1.165) is 19.5 Å². The maximum Gasteiger partial charge on any atom is 0.0430 e. The van der Waals surface area contributed by atoms with Crippen molar-refractivity contribution in [2.75, 3.05) is 11.4 Å². The third kappa shape index (κ3) is 2.92. The Morgan fingerprint density at radius 2 is 1.84 bits per heavy atom. The molecule has 3 heteroatoms. The monoisotopic (exact) mass is 364 g/mol. The van der Waals surface area contributed by atoms with Crippen molar-refractivity contribution in [2.45, 2.75) is 19.0 Å². The van der Waals surface area contributed by atoms with Gasteiger partial charge in [-0.1, -0.05) is 30.3 Å². The molecule has 0 saturated carbocycles. The molecule has 19 heavy (non-hydrogen) atoms. The Morgan fingerprint density at radius 1 is 1.11 bits per heavy atom. The third-order valence-electron chi connectivity index (χ3n) is 3.56. The highest BCUT2D eigenvalue weighted by molar-refractivity contribution is 14.1. The van der Waals surface area contributed by atoms with Crippen LogP contribution in [0.2, 0.25) is 0 Å². The quantitative estimate of drug-likeness (QED) is 0.830. The first-order chi connectivity index (χ1) is 9.22. The second-order valence-corrected chi connectivity index (χ2v) is 6.35. The van der Waals surface area contributed by atoms with Crippen LogP contribution in [0.4, 0.5) is 5.69 Å². The minimum absolute atomic E-state index is 0.235. The number of anilines is 1. The molecule has 1 heterocycles. The van der Waals surface area contributed by atoms with Crippen molar-refractivity contribution < 1.29 is 0 Å². The zero-order chi connectivity index (χ0) is 13.2. The number of nitrogens with zero attached hydrogens (tertiary/aromatic N) is 1. The summed E-state index contributed by atoms with van der Waals surface area (Å²) in [5, 5.41) is 0. The molecule has 0 aromatic heterocycles. The zero-order valence-corrected chi connectivity index (χ0v) is 12.9. The van der Waals surface area contributed by atoms with Gasteiger partial charge in [0.15, 0.2) is 0 Å². The van der Waals surface area contributed by atoms with E-state index in [1.807, 2.05) is 0 Å². The maximum atomic E-state index is 6.17. The number of rotatable bonds is 2. The van der Waals surface area contributed by atoms with Crippen LogP contribution < -0.4 is 10.6 Å². The summed E-state index contributed by atoms with van der Waals surface area (Å²) in [6.07, 6.45) is 0.985. The van der Waals surface area contributed by atoms with Gasteiger partial charge in [-0.05, 0) is 58.3 Å². The standard InChI is InChI=1S/C16H17IN2/c17-14-7-5-12(6-8-14)10-19-11-15(18)9-13-3-1-2-4-16(13)19/h1-8,15H,9-11,18H2. The maximum absolute atomic E-state index is 6.17. The van der Waals surface area contributed by atoms with E-state index in [0.29, 0.717) is 0 Å². The molecule has 2 nitrogen and oxygen atoms in total. The van der Waals surface area contributed by atoms with Crippen molar-refractivity contribution in [2.24, 2.45) is 5.73 Å². The third-order valence-corrected chi connectivity index (χ3v) is 4.28. The molecule has 2 N–H and O–H groups in total. The van der Waals surface area contributed by atoms with Gasteiger partial charge in [-0.2, -0.15) is 0 Å². The van der Waals surface area contributed by atoms with Crippen LogP contribution in [0.15, 0.2) is 48.5 Å². The number of para-hydroxylation sites is 1. The Kier molecular flexibility index (Phi) is 3.75. The van der Waals surface area contributed by atoms with E-state index in [9.17, 15) is 0 Å². The number of hydrogen-bond donors (Lipinski definition) is 1. The molecule has 0 amide bonds. The van der Waals surface area contributed by atoms with E-state index in [1.54, 1.807) is 0 Å². The van der Waals surface area contributed by atoms with Gasteiger partial charge in [-0.15, -0.1) is 0 Å². The van der Waals surface area contributed by atoms with E-state index >= 15 is 0 Å². The zero-order valence-electron chi connectivity index (χ0n) is 10.7. The lowest BCUT2D eigenvalue weighted by molar-refractivity contribution is 0.599. The molecule has 0 bridgehead atoms. The minimum Gasteiger partial charge on any atom is -0.365 e. The molecule has 2 aromatic rings. The van der Waals surface area contributed by atoms with Gasteiger partial charge in [-0.25, -0.2) is 0 Å². The van der Waals surface area contributed by atoms with Gasteiger partial charge in [-0.3, -0.25) is 0 Å². The van der Waals surface area contributed by atoms with E-state index < -0.39 is 0 Å². The van der Waals surface area contributed by atoms with Crippen molar-refractivity contribution in [3.05, 3.63) is 63.2 Å². The Labute approximate surface area is 127 Å². The highest BCUT2D eigenvalue weighted by atomic mass is 127. The van der Waals surface area contributed by atoms with E-state index in [1.165, 1.54) is 20.4 Å². The molecule has 0 fully saturated rings. The van der Waals surface area contributed by atoms with Gasteiger partial charge in [0.25, 0.3) is 0 Å². The molecule has 98 valence electrons. The molecule has 3 rings (SSSR count). The molecule has 1 atom stereocenters. The topological polar surface area (TPSA) is 29.3 Å². The van der Waals surface area contributed by atoms with Crippen LogP contribution >= 0.6 is 22.6 Å². The Balaban J connectivity index is 1.86. The highest BCUT2D eigenvalue weighted by Gasteiger charge is 2.21. The fourth-order valence-corrected chi connectivity index (χ4v) is 3.04. The molecule has 2 aromatic carbocycles. The van der Waals surface area contributed by atoms with Gasteiger partial charge in [0.2, 0.25) is 0 Å². The summed E-state index contributed by atoms with van der Waals surface area (Å²) in [6.45, 7) is 1.87. The van der Waals surface area contributed by atoms with Crippen molar-refractivity contribution in [1.82, 2.24) is 0 Å². The van der Waals surface area contributed by atoms with Crippen molar-refractivity contribution >= 4 is 28.3 Å². The second-order valence-electron chi connectivity index (χ2n) is 5.10. The Hall–Kier alpha value is -1.07. The Morgan fingerprint density at radius 3 is 2.63 bits per heavy atom. The number of halogens is 1. The van der Waals surface area contributed by atoms with Gasteiger partial charge < -0.3 is 10.6 Å². The number of fused-ring (bicyclic) bond motifs is 1. The lowest BCUT2D eigenvalue weighted by Gasteiger charge is -2.34. The smallest absolute Gasteiger partial charge is 0.0430 e. The van der Waals surface area contributed by atoms with Crippen molar-refractivity contribution in [1.29, 1.82) is 0 Å². The summed E-state index contributed by atoms with van der Waals surface area (Å²) < 4.78 is 1.28. The molecule has 1 aliphatic rings. The van der Waals surface area contributed by atoms with Crippen molar-refractivity contribution in [3.63, 3.8) is 0 Å². The molecule has 0 saturated heterocycles. The largest absolute Gasteiger partial charge is 0.365 e. The first-order valence-electron chi connectivity index (χ1n) is 6.55. The van der Waals surface area contributed by atoms with Crippen LogP contribution in [0.1, 0.15) is 11.1 Å². The van der Waals surface area contributed by atoms with Gasteiger partial charge >= 0.3 is 0 Å². The van der Waals surface area contributed by atoms with Gasteiger partial charge in [0.05, 0.1) is 0 Å². The van der Waals surface area contributed by atoms with Crippen LogP contribution in [0.3, 0.4) is 0 Å². The SMILES string of the molecule is NC1Cc2ccccc2N(Cc2ccc(I)cc2)C1. The summed E-state index contributed by atoms with van der Waals surface area (Å²) >= 11 is 2.34. The summed E-state index contributed by atoms with van der Waals surface area (Å²) in [5.41, 5.74) is 10.2. The second kappa shape index (κ2) is 5.51. The van der Waals surface area contributed by atoms with E-state index in [-0.39, 0.29) is 6.04 Å². The minimum atomic E-state index is 0.235. The predicted octanol–water partition coefficient (Wildman–Crippen LogP) is 3.18. The van der Waals surface area contributed by atoms with Crippen LogP contribution in [0, 0.1) is 3.57 Å². The summed E-state index contributed by atoms with van der Waals surface area (Å²) in [4.78, 5) is 2.39. The first kappa shape index (κ1) is 12.9.